The number of halogens is 1. The van der Waals surface area contributed by atoms with Gasteiger partial charge < -0.3 is 10.0 Å². The van der Waals surface area contributed by atoms with E-state index in [0.29, 0.717) is 24.5 Å². The van der Waals surface area contributed by atoms with E-state index in [9.17, 15) is 9.90 Å². The van der Waals surface area contributed by atoms with Gasteiger partial charge in [0.25, 0.3) is 0 Å². The molecule has 0 aliphatic carbocycles. The minimum atomic E-state index is -0.746. The normalized spacial score (nSPS) is 22.4. The van der Waals surface area contributed by atoms with Crippen molar-refractivity contribution >= 4 is 34.3 Å². The van der Waals surface area contributed by atoms with Crippen LogP contribution >= 0.6 is 11.6 Å². The minimum Gasteiger partial charge on any atom is -0.481 e. The molecule has 1 atom stereocenters. The van der Waals surface area contributed by atoms with Crippen molar-refractivity contribution in [2.45, 2.75) is 13.3 Å². The van der Waals surface area contributed by atoms with Crippen LogP contribution in [0.4, 0.5) is 5.82 Å². The fraction of sp³-hybridized carbons (Fsp3) is 0.333. The van der Waals surface area contributed by atoms with E-state index in [1.807, 2.05) is 35.2 Å². The van der Waals surface area contributed by atoms with Crippen LogP contribution in [0.25, 0.3) is 10.9 Å². The molecule has 0 radical (unpaired) electrons. The SMILES string of the molecule is CC1(C(=O)O)CCN(c2ccc3ccc(Cl)cc3n2)C1. The molecule has 1 N–H and O–H groups in total. The number of nitrogens with zero attached hydrogens (tertiary/aromatic N) is 2. The number of carboxylic acids is 1. The van der Waals surface area contributed by atoms with E-state index in [1.165, 1.54) is 0 Å². The van der Waals surface area contributed by atoms with Crippen LogP contribution in [0.2, 0.25) is 5.02 Å². The molecule has 1 aromatic carbocycles. The van der Waals surface area contributed by atoms with E-state index in [4.69, 9.17) is 11.6 Å². The summed E-state index contributed by atoms with van der Waals surface area (Å²) < 4.78 is 0. The quantitative estimate of drug-likeness (QED) is 0.923. The molecule has 5 heteroatoms. The average molecular weight is 291 g/mol. The van der Waals surface area contributed by atoms with E-state index in [1.54, 1.807) is 6.92 Å². The van der Waals surface area contributed by atoms with Crippen LogP contribution in [-0.2, 0) is 4.79 Å². The highest BCUT2D eigenvalue weighted by Gasteiger charge is 2.40. The summed E-state index contributed by atoms with van der Waals surface area (Å²) in [7, 11) is 0. The summed E-state index contributed by atoms with van der Waals surface area (Å²) in [5.74, 6) is 0.0635. The van der Waals surface area contributed by atoms with Gasteiger partial charge in [-0.1, -0.05) is 17.7 Å². The first-order valence-corrected chi connectivity index (χ1v) is 6.90. The Labute approximate surface area is 122 Å². The number of carbonyl (C=O) groups is 1. The van der Waals surface area contributed by atoms with Crippen molar-refractivity contribution < 1.29 is 9.90 Å². The first-order chi connectivity index (χ1) is 9.48. The minimum absolute atomic E-state index is 0.488. The van der Waals surface area contributed by atoms with Crippen molar-refractivity contribution in [2.75, 3.05) is 18.0 Å². The number of anilines is 1. The maximum absolute atomic E-state index is 11.3. The summed E-state index contributed by atoms with van der Waals surface area (Å²) in [6.45, 7) is 2.98. The Morgan fingerprint density at radius 3 is 2.85 bits per heavy atom. The van der Waals surface area contributed by atoms with Gasteiger partial charge in [-0.2, -0.15) is 0 Å². The van der Waals surface area contributed by atoms with Crippen LogP contribution < -0.4 is 4.90 Å². The Kier molecular flexibility index (Phi) is 3.05. The van der Waals surface area contributed by atoms with E-state index in [-0.39, 0.29) is 0 Å². The first kappa shape index (κ1) is 13.2. The zero-order chi connectivity index (χ0) is 14.3. The molecular weight excluding hydrogens is 276 g/mol. The van der Waals surface area contributed by atoms with Crippen LogP contribution in [0, 0.1) is 5.41 Å². The third-order valence-electron chi connectivity index (χ3n) is 3.95. The second-order valence-electron chi connectivity index (χ2n) is 5.54. The lowest BCUT2D eigenvalue weighted by Crippen LogP contribution is -2.31. The summed E-state index contributed by atoms with van der Waals surface area (Å²) in [5.41, 5.74) is 0.143. The molecule has 20 heavy (non-hydrogen) atoms. The number of fused-ring (bicyclic) bond motifs is 1. The summed E-state index contributed by atoms with van der Waals surface area (Å²) in [6, 6.07) is 9.52. The van der Waals surface area contributed by atoms with Crippen molar-refractivity contribution in [3.63, 3.8) is 0 Å². The van der Waals surface area contributed by atoms with Gasteiger partial charge in [0.1, 0.15) is 5.82 Å². The zero-order valence-electron chi connectivity index (χ0n) is 11.1. The molecule has 2 aromatic rings. The van der Waals surface area contributed by atoms with Gasteiger partial charge in [-0.15, -0.1) is 0 Å². The van der Waals surface area contributed by atoms with Gasteiger partial charge in [0.15, 0.2) is 0 Å². The van der Waals surface area contributed by atoms with Gasteiger partial charge in [-0.05, 0) is 37.6 Å². The molecule has 1 aliphatic heterocycles. The molecule has 0 spiro atoms. The van der Waals surface area contributed by atoms with Crippen molar-refractivity contribution in [2.24, 2.45) is 5.41 Å². The molecule has 2 heterocycles. The van der Waals surface area contributed by atoms with E-state index < -0.39 is 11.4 Å². The third-order valence-corrected chi connectivity index (χ3v) is 4.19. The summed E-state index contributed by atoms with van der Waals surface area (Å²) in [4.78, 5) is 17.9. The van der Waals surface area contributed by atoms with Gasteiger partial charge in [0.05, 0.1) is 10.9 Å². The number of benzene rings is 1. The fourth-order valence-electron chi connectivity index (χ4n) is 2.59. The van der Waals surface area contributed by atoms with Crippen LogP contribution in [0.3, 0.4) is 0 Å². The van der Waals surface area contributed by atoms with Crippen LogP contribution in [0.1, 0.15) is 13.3 Å². The first-order valence-electron chi connectivity index (χ1n) is 6.53. The van der Waals surface area contributed by atoms with Crippen molar-refractivity contribution in [3.05, 3.63) is 35.4 Å². The molecule has 0 bridgehead atoms. The van der Waals surface area contributed by atoms with Crippen molar-refractivity contribution in [3.8, 4) is 0 Å². The summed E-state index contributed by atoms with van der Waals surface area (Å²) in [6.07, 6.45) is 0.637. The van der Waals surface area contributed by atoms with Gasteiger partial charge in [0, 0.05) is 23.5 Å². The van der Waals surface area contributed by atoms with E-state index in [2.05, 4.69) is 4.98 Å². The van der Waals surface area contributed by atoms with Gasteiger partial charge in [-0.3, -0.25) is 4.79 Å². The number of hydrogen-bond donors (Lipinski definition) is 1. The molecular formula is C15H15ClN2O2. The summed E-state index contributed by atoms with van der Waals surface area (Å²) >= 11 is 5.99. The Bertz CT molecular complexity index is 689. The number of aromatic nitrogens is 1. The predicted octanol–water partition coefficient (Wildman–Crippen LogP) is 3.19. The maximum atomic E-state index is 11.3. The molecule has 0 saturated carbocycles. The van der Waals surface area contributed by atoms with Crippen LogP contribution in [0.15, 0.2) is 30.3 Å². The molecule has 4 nitrogen and oxygen atoms in total. The lowest BCUT2D eigenvalue weighted by molar-refractivity contribution is -0.146. The second kappa shape index (κ2) is 4.63. The smallest absolute Gasteiger partial charge is 0.311 e. The van der Waals surface area contributed by atoms with Crippen LogP contribution in [-0.4, -0.2) is 29.1 Å². The Balaban J connectivity index is 1.94. The molecule has 1 fully saturated rings. The molecule has 1 saturated heterocycles. The molecule has 104 valence electrons. The Morgan fingerprint density at radius 1 is 1.40 bits per heavy atom. The second-order valence-corrected chi connectivity index (χ2v) is 5.98. The molecule has 1 aliphatic rings. The number of rotatable bonds is 2. The molecule has 1 aromatic heterocycles. The van der Waals surface area contributed by atoms with Gasteiger partial charge in [-0.25, -0.2) is 4.98 Å². The lowest BCUT2D eigenvalue weighted by Gasteiger charge is -2.21. The molecule has 1 unspecified atom stereocenters. The number of pyridine rings is 1. The molecule has 3 rings (SSSR count). The summed E-state index contributed by atoms with van der Waals surface area (Å²) in [5, 5.41) is 11.0. The van der Waals surface area contributed by atoms with E-state index >= 15 is 0 Å². The number of carboxylic acid groups (broad SMARTS) is 1. The van der Waals surface area contributed by atoms with Crippen molar-refractivity contribution in [1.29, 1.82) is 0 Å². The Morgan fingerprint density at radius 2 is 2.15 bits per heavy atom. The van der Waals surface area contributed by atoms with Gasteiger partial charge in [0.2, 0.25) is 0 Å². The average Bonchev–Trinajstić information content (AvgIpc) is 2.82. The van der Waals surface area contributed by atoms with Gasteiger partial charge >= 0.3 is 5.97 Å². The standard InChI is InChI=1S/C15H15ClN2O2/c1-15(14(19)20)6-7-18(9-15)13-5-3-10-2-4-11(16)8-12(10)17-13/h2-5,8H,6-7,9H2,1H3,(H,19,20). The maximum Gasteiger partial charge on any atom is 0.311 e. The molecule has 0 amide bonds. The zero-order valence-corrected chi connectivity index (χ0v) is 11.9. The van der Waals surface area contributed by atoms with E-state index in [0.717, 1.165) is 16.7 Å². The highest BCUT2D eigenvalue weighted by atomic mass is 35.5. The third kappa shape index (κ3) is 2.20. The number of aliphatic carboxylic acids is 1. The monoisotopic (exact) mass is 290 g/mol. The highest BCUT2D eigenvalue weighted by Crippen LogP contribution is 2.33. The number of hydrogen-bond acceptors (Lipinski definition) is 3. The highest BCUT2D eigenvalue weighted by molar-refractivity contribution is 6.31. The topological polar surface area (TPSA) is 53.4 Å². The lowest BCUT2D eigenvalue weighted by atomic mass is 9.90. The Hall–Kier alpha value is -1.81. The predicted molar refractivity (Wildman–Crippen MR) is 79.3 cm³/mol. The van der Waals surface area contributed by atoms with Crippen LogP contribution in [0.5, 0.6) is 0 Å². The largest absolute Gasteiger partial charge is 0.481 e. The van der Waals surface area contributed by atoms with Crippen molar-refractivity contribution in [1.82, 2.24) is 4.98 Å². The fourth-order valence-corrected chi connectivity index (χ4v) is 2.75.